The first-order valence-electron chi connectivity index (χ1n) is 7.34. The van der Waals surface area contributed by atoms with Gasteiger partial charge in [-0.1, -0.05) is 31.2 Å². The fourth-order valence-corrected chi connectivity index (χ4v) is 2.45. The Morgan fingerprint density at radius 3 is 2.64 bits per heavy atom. The molecule has 0 aliphatic carbocycles. The van der Waals surface area contributed by atoms with Gasteiger partial charge in [-0.15, -0.1) is 0 Å². The first-order valence-corrected chi connectivity index (χ1v) is 7.34. The zero-order chi connectivity index (χ0) is 15.4. The van der Waals surface area contributed by atoms with Gasteiger partial charge in [0.05, 0.1) is 17.1 Å². The number of hydrogen-bond acceptors (Lipinski definition) is 3. The minimum Gasteiger partial charge on any atom is -0.486 e. The molecule has 1 heterocycles. The molecule has 0 saturated carbocycles. The molecule has 2 aromatic carbocycles. The molecule has 0 spiro atoms. The van der Waals surface area contributed by atoms with Gasteiger partial charge in [0.15, 0.2) is 0 Å². The third kappa shape index (κ3) is 2.79. The van der Waals surface area contributed by atoms with E-state index in [-0.39, 0.29) is 6.54 Å². The second kappa shape index (κ2) is 6.31. The zero-order valence-corrected chi connectivity index (χ0v) is 12.5. The van der Waals surface area contributed by atoms with E-state index in [9.17, 15) is 0 Å². The topological polar surface area (TPSA) is 50.8 Å². The molecule has 0 bridgehead atoms. The average Bonchev–Trinajstić information content (AvgIpc) is 2.92. The summed E-state index contributed by atoms with van der Waals surface area (Å²) >= 11 is 0. The van der Waals surface area contributed by atoms with E-state index < -0.39 is 0 Å². The first kappa shape index (κ1) is 14.2. The van der Waals surface area contributed by atoms with Gasteiger partial charge in [0.1, 0.15) is 24.7 Å². The number of imidazole rings is 1. The zero-order valence-electron chi connectivity index (χ0n) is 12.5. The van der Waals surface area contributed by atoms with E-state index >= 15 is 0 Å². The van der Waals surface area contributed by atoms with E-state index in [1.54, 1.807) is 0 Å². The van der Waals surface area contributed by atoms with Crippen LogP contribution in [0.3, 0.4) is 0 Å². The Labute approximate surface area is 129 Å². The Hall–Kier alpha value is -2.80. The van der Waals surface area contributed by atoms with Crippen molar-refractivity contribution in [3.8, 4) is 11.8 Å². The largest absolute Gasteiger partial charge is 0.486 e. The number of ether oxygens (including phenoxy) is 1. The van der Waals surface area contributed by atoms with Crippen LogP contribution in [0.25, 0.3) is 11.0 Å². The number of nitrogens with zero attached hydrogens (tertiary/aromatic N) is 3. The smallest absolute Gasteiger partial charge is 0.148 e. The molecule has 0 N–H and O–H groups in total. The monoisotopic (exact) mass is 291 g/mol. The number of para-hydroxylation sites is 2. The van der Waals surface area contributed by atoms with Gasteiger partial charge in [-0.2, -0.15) is 5.26 Å². The van der Waals surface area contributed by atoms with Gasteiger partial charge in [0, 0.05) is 0 Å². The maximum Gasteiger partial charge on any atom is 0.148 e. The van der Waals surface area contributed by atoms with Gasteiger partial charge >= 0.3 is 0 Å². The first-order chi connectivity index (χ1) is 10.8. The average molecular weight is 291 g/mol. The van der Waals surface area contributed by atoms with E-state index in [1.165, 1.54) is 5.56 Å². The number of hydrogen-bond donors (Lipinski definition) is 0. The molecule has 3 aromatic rings. The van der Waals surface area contributed by atoms with Crippen LogP contribution in [0.4, 0.5) is 0 Å². The highest BCUT2D eigenvalue weighted by atomic mass is 16.5. The summed E-state index contributed by atoms with van der Waals surface area (Å²) in [5.41, 5.74) is 3.13. The Kier molecular flexibility index (Phi) is 4.06. The van der Waals surface area contributed by atoms with E-state index in [0.717, 1.165) is 29.0 Å². The summed E-state index contributed by atoms with van der Waals surface area (Å²) in [4.78, 5) is 4.57. The van der Waals surface area contributed by atoms with Crippen molar-refractivity contribution >= 4 is 11.0 Å². The predicted octanol–water partition coefficient (Wildman–Crippen LogP) is 3.70. The molecule has 0 fully saturated rings. The number of rotatable bonds is 5. The Bertz CT molecular complexity index is 812. The summed E-state index contributed by atoms with van der Waals surface area (Å²) in [5, 5.41) is 9.03. The minimum absolute atomic E-state index is 0.272. The van der Waals surface area contributed by atoms with Gasteiger partial charge in [0.25, 0.3) is 0 Å². The van der Waals surface area contributed by atoms with Crippen LogP contribution in [0, 0.1) is 11.3 Å². The number of aryl methyl sites for hydroxylation is 1. The summed E-state index contributed by atoms with van der Waals surface area (Å²) in [6, 6.07) is 18.1. The molecule has 0 atom stereocenters. The highest BCUT2D eigenvalue weighted by Gasteiger charge is 2.10. The van der Waals surface area contributed by atoms with Gasteiger partial charge < -0.3 is 9.30 Å². The van der Waals surface area contributed by atoms with Crippen molar-refractivity contribution in [2.24, 2.45) is 0 Å². The predicted molar refractivity (Wildman–Crippen MR) is 85.5 cm³/mol. The molecule has 0 aliphatic rings. The number of nitriles is 1. The Morgan fingerprint density at radius 2 is 1.91 bits per heavy atom. The highest BCUT2D eigenvalue weighted by Crippen LogP contribution is 2.18. The van der Waals surface area contributed by atoms with Crippen molar-refractivity contribution < 1.29 is 4.74 Å². The lowest BCUT2D eigenvalue weighted by Gasteiger charge is -2.08. The molecular weight excluding hydrogens is 274 g/mol. The van der Waals surface area contributed by atoms with E-state index in [2.05, 4.69) is 30.1 Å². The summed E-state index contributed by atoms with van der Waals surface area (Å²) in [6.45, 7) is 2.75. The molecule has 4 heteroatoms. The van der Waals surface area contributed by atoms with Crippen molar-refractivity contribution in [1.29, 1.82) is 5.26 Å². The lowest BCUT2D eigenvalue weighted by Crippen LogP contribution is -2.06. The Balaban J connectivity index is 1.83. The fourth-order valence-electron chi connectivity index (χ4n) is 2.45. The van der Waals surface area contributed by atoms with Crippen molar-refractivity contribution in [2.45, 2.75) is 26.5 Å². The Morgan fingerprint density at radius 1 is 1.14 bits per heavy atom. The standard InChI is InChI=1S/C18H17N3O/c1-2-14-7-9-15(10-8-14)22-13-18-20-16-5-3-4-6-17(16)21(18)12-11-19/h3-10H,2,12-13H2,1H3. The van der Waals surface area contributed by atoms with E-state index in [4.69, 9.17) is 10.00 Å². The molecule has 0 radical (unpaired) electrons. The van der Waals surface area contributed by atoms with E-state index in [1.807, 2.05) is 41.0 Å². The molecule has 0 amide bonds. The van der Waals surface area contributed by atoms with E-state index in [0.29, 0.717) is 6.61 Å². The van der Waals surface area contributed by atoms with Gasteiger partial charge in [-0.3, -0.25) is 0 Å². The number of fused-ring (bicyclic) bond motifs is 1. The third-order valence-electron chi connectivity index (χ3n) is 3.66. The summed E-state index contributed by atoms with van der Waals surface area (Å²) in [6.07, 6.45) is 1.01. The van der Waals surface area contributed by atoms with Crippen LogP contribution in [0.1, 0.15) is 18.3 Å². The molecule has 22 heavy (non-hydrogen) atoms. The molecular formula is C18H17N3O. The van der Waals surface area contributed by atoms with Crippen LogP contribution in [-0.4, -0.2) is 9.55 Å². The van der Waals surface area contributed by atoms with Crippen LogP contribution >= 0.6 is 0 Å². The van der Waals surface area contributed by atoms with Crippen molar-refractivity contribution in [3.63, 3.8) is 0 Å². The van der Waals surface area contributed by atoms with Crippen LogP contribution in [0.5, 0.6) is 5.75 Å². The molecule has 1 aromatic heterocycles. The molecule has 0 aliphatic heterocycles. The molecule has 3 rings (SSSR count). The molecule has 0 unspecified atom stereocenters. The van der Waals surface area contributed by atoms with Crippen LogP contribution < -0.4 is 4.74 Å². The minimum atomic E-state index is 0.272. The van der Waals surface area contributed by atoms with Crippen molar-refractivity contribution in [1.82, 2.24) is 9.55 Å². The number of benzene rings is 2. The van der Waals surface area contributed by atoms with Crippen molar-refractivity contribution in [3.05, 3.63) is 59.9 Å². The normalized spacial score (nSPS) is 10.5. The highest BCUT2D eigenvalue weighted by molar-refractivity contribution is 5.75. The van der Waals surface area contributed by atoms with Crippen LogP contribution in [0.15, 0.2) is 48.5 Å². The number of aromatic nitrogens is 2. The quantitative estimate of drug-likeness (QED) is 0.720. The summed E-state index contributed by atoms with van der Waals surface area (Å²) in [7, 11) is 0. The maximum absolute atomic E-state index is 9.03. The lowest BCUT2D eigenvalue weighted by atomic mass is 10.2. The second-order valence-electron chi connectivity index (χ2n) is 5.05. The molecule has 0 saturated heterocycles. The molecule has 110 valence electrons. The third-order valence-corrected chi connectivity index (χ3v) is 3.66. The van der Waals surface area contributed by atoms with Gasteiger partial charge in [-0.05, 0) is 36.2 Å². The van der Waals surface area contributed by atoms with Gasteiger partial charge in [-0.25, -0.2) is 4.98 Å². The summed E-state index contributed by atoms with van der Waals surface area (Å²) < 4.78 is 7.71. The van der Waals surface area contributed by atoms with Crippen LogP contribution in [-0.2, 0) is 19.6 Å². The second-order valence-corrected chi connectivity index (χ2v) is 5.05. The van der Waals surface area contributed by atoms with Gasteiger partial charge in [0.2, 0.25) is 0 Å². The maximum atomic E-state index is 9.03. The fraction of sp³-hybridized carbons (Fsp3) is 0.222. The van der Waals surface area contributed by atoms with Crippen LogP contribution in [0.2, 0.25) is 0 Å². The lowest BCUT2D eigenvalue weighted by molar-refractivity contribution is 0.291. The van der Waals surface area contributed by atoms with Crippen molar-refractivity contribution in [2.75, 3.05) is 0 Å². The summed E-state index contributed by atoms with van der Waals surface area (Å²) in [5.74, 6) is 1.58. The SMILES string of the molecule is CCc1ccc(OCc2nc3ccccc3n2CC#N)cc1. The molecule has 4 nitrogen and oxygen atoms in total.